The van der Waals surface area contributed by atoms with Gasteiger partial charge in [-0.15, -0.1) is 0 Å². The van der Waals surface area contributed by atoms with Crippen LogP contribution in [-0.4, -0.2) is 5.78 Å². The Morgan fingerprint density at radius 1 is 1.05 bits per heavy atom. The topological polar surface area (TPSA) is 17.1 Å². The lowest BCUT2D eigenvalue weighted by atomic mass is 9.97. The first kappa shape index (κ1) is 14.4. The van der Waals surface area contributed by atoms with E-state index >= 15 is 0 Å². The van der Waals surface area contributed by atoms with E-state index in [9.17, 15) is 13.6 Å². The van der Waals surface area contributed by atoms with Crippen molar-refractivity contribution in [3.63, 3.8) is 0 Å². The zero-order chi connectivity index (χ0) is 14.7. The molecule has 20 heavy (non-hydrogen) atoms. The first-order valence-corrected chi connectivity index (χ1v) is 6.52. The minimum atomic E-state index is -0.984. The Morgan fingerprint density at radius 3 is 2.50 bits per heavy atom. The Morgan fingerprint density at radius 2 is 1.80 bits per heavy atom. The fourth-order valence-corrected chi connectivity index (χ4v) is 2.14. The van der Waals surface area contributed by atoms with Crippen LogP contribution in [0.5, 0.6) is 0 Å². The summed E-state index contributed by atoms with van der Waals surface area (Å²) >= 11 is 0. The van der Waals surface area contributed by atoms with Gasteiger partial charge in [-0.2, -0.15) is 0 Å². The molecule has 0 amide bonds. The van der Waals surface area contributed by atoms with Crippen molar-refractivity contribution >= 4 is 5.78 Å². The van der Waals surface area contributed by atoms with E-state index in [4.69, 9.17) is 0 Å². The van der Waals surface area contributed by atoms with Gasteiger partial charge in [0.15, 0.2) is 17.4 Å². The second-order valence-electron chi connectivity index (χ2n) is 4.91. The van der Waals surface area contributed by atoms with E-state index < -0.39 is 11.6 Å². The Labute approximate surface area is 117 Å². The predicted octanol–water partition coefficient (Wildman–Crippen LogP) is 4.40. The van der Waals surface area contributed by atoms with Gasteiger partial charge in [0.05, 0.1) is 0 Å². The van der Waals surface area contributed by atoms with E-state index in [0.29, 0.717) is 6.42 Å². The average Bonchev–Trinajstić information content (AvgIpc) is 2.43. The van der Waals surface area contributed by atoms with Crippen LogP contribution in [0.1, 0.15) is 33.5 Å². The van der Waals surface area contributed by atoms with Gasteiger partial charge in [0, 0.05) is 12.0 Å². The van der Waals surface area contributed by atoms with E-state index in [0.717, 1.165) is 17.7 Å². The van der Waals surface area contributed by atoms with Crippen LogP contribution >= 0.6 is 0 Å². The minimum absolute atomic E-state index is 0.176. The maximum atomic E-state index is 13.1. The number of hydrogen-bond donors (Lipinski definition) is 0. The lowest BCUT2D eigenvalue weighted by Crippen LogP contribution is -2.03. The smallest absolute Gasteiger partial charge is 0.163 e. The van der Waals surface area contributed by atoms with Gasteiger partial charge in [-0.05, 0) is 55.2 Å². The number of hydrogen-bond acceptors (Lipinski definition) is 1. The maximum Gasteiger partial charge on any atom is 0.163 e. The van der Waals surface area contributed by atoms with E-state index in [1.165, 1.54) is 17.2 Å². The molecule has 0 fully saturated rings. The number of aryl methyl sites for hydroxylation is 2. The molecule has 0 radical (unpaired) electrons. The highest BCUT2D eigenvalue weighted by atomic mass is 19.2. The lowest BCUT2D eigenvalue weighted by Gasteiger charge is -2.08. The Kier molecular flexibility index (Phi) is 4.28. The normalized spacial score (nSPS) is 10.6. The third-order valence-corrected chi connectivity index (χ3v) is 3.58. The molecule has 0 bridgehead atoms. The van der Waals surface area contributed by atoms with Crippen LogP contribution in [0.15, 0.2) is 36.4 Å². The molecule has 0 unspecified atom stereocenters. The molecule has 3 heteroatoms. The van der Waals surface area contributed by atoms with Gasteiger partial charge in [0.1, 0.15) is 0 Å². The molecule has 0 aliphatic rings. The number of ketones is 1. The lowest BCUT2D eigenvalue weighted by molar-refractivity contribution is 0.0982. The molecule has 0 aliphatic carbocycles. The van der Waals surface area contributed by atoms with Gasteiger partial charge in [-0.25, -0.2) is 8.78 Å². The molecule has 0 saturated carbocycles. The van der Waals surface area contributed by atoms with Crippen LogP contribution in [0.2, 0.25) is 0 Å². The Bertz CT molecular complexity index is 647. The monoisotopic (exact) mass is 274 g/mol. The molecule has 104 valence electrons. The van der Waals surface area contributed by atoms with E-state index in [2.05, 4.69) is 0 Å². The van der Waals surface area contributed by atoms with Crippen LogP contribution in [-0.2, 0) is 6.42 Å². The fraction of sp³-hybridized carbons (Fsp3) is 0.235. The Hall–Kier alpha value is -2.03. The number of halogens is 2. The first-order valence-electron chi connectivity index (χ1n) is 6.52. The van der Waals surface area contributed by atoms with Crippen molar-refractivity contribution in [1.82, 2.24) is 0 Å². The van der Waals surface area contributed by atoms with E-state index in [1.807, 2.05) is 32.0 Å². The summed E-state index contributed by atoms with van der Waals surface area (Å²) in [6, 6.07) is 9.24. The molecule has 1 nitrogen and oxygen atoms in total. The largest absolute Gasteiger partial charge is 0.294 e. The minimum Gasteiger partial charge on any atom is -0.294 e. The van der Waals surface area contributed by atoms with Crippen LogP contribution in [0.25, 0.3) is 0 Å². The van der Waals surface area contributed by atoms with Crippen molar-refractivity contribution in [2.75, 3.05) is 0 Å². The van der Waals surface area contributed by atoms with Gasteiger partial charge in [-0.1, -0.05) is 18.2 Å². The predicted molar refractivity (Wildman–Crippen MR) is 74.9 cm³/mol. The highest BCUT2D eigenvalue weighted by Gasteiger charge is 2.11. The molecule has 0 saturated heterocycles. The molecule has 0 spiro atoms. The molecule has 2 aromatic carbocycles. The summed E-state index contributed by atoms with van der Waals surface area (Å²) in [6.07, 6.45) is 0.890. The van der Waals surface area contributed by atoms with Crippen molar-refractivity contribution in [2.45, 2.75) is 26.7 Å². The molecule has 0 heterocycles. The summed E-state index contributed by atoms with van der Waals surface area (Å²) < 4.78 is 25.9. The highest BCUT2D eigenvalue weighted by molar-refractivity contribution is 5.96. The summed E-state index contributed by atoms with van der Waals surface area (Å²) in [5.41, 5.74) is 3.68. The van der Waals surface area contributed by atoms with Crippen LogP contribution in [0, 0.1) is 25.5 Å². The summed E-state index contributed by atoms with van der Waals surface area (Å²) in [7, 11) is 0. The van der Waals surface area contributed by atoms with Gasteiger partial charge in [0.25, 0.3) is 0 Å². The molecular weight excluding hydrogens is 258 g/mol. The molecule has 2 rings (SSSR count). The van der Waals surface area contributed by atoms with Crippen molar-refractivity contribution < 1.29 is 13.6 Å². The molecule has 2 aromatic rings. The molecular formula is C17H16F2O. The van der Waals surface area contributed by atoms with Crippen LogP contribution < -0.4 is 0 Å². The first-order chi connectivity index (χ1) is 9.49. The number of carbonyl (C=O) groups excluding carboxylic acids is 1. The van der Waals surface area contributed by atoms with Gasteiger partial charge in [-0.3, -0.25) is 4.79 Å². The second-order valence-corrected chi connectivity index (χ2v) is 4.91. The standard InChI is InChI=1S/C17H16F2O/c1-11-4-3-5-13(12(11)2)7-9-17(20)14-6-8-15(18)16(19)10-14/h3-6,8,10H,7,9H2,1-2H3. The Balaban J connectivity index is 2.08. The van der Waals surface area contributed by atoms with Gasteiger partial charge in [0.2, 0.25) is 0 Å². The summed E-state index contributed by atoms with van der Waals surface area (Å²) in [4.78, 5) is 12.0. The summed E-state index contributed by atoms with van der Waals surface area (Å²) in [5.74, 6) is -2.09. The summed E-state index contributed by atoms with van der Waals surface area (Å²) in [5, 5.41) is 0. The zero-order valence-corrected chi connectivity index (χ0v) is 11.5. The number of Topliss-reactive ketones (excluding diaryl/α,β-unsaturated/α-hetero) is 1. The number of rotatable bonds is 4. The van der Waals surface area contributed by atoms with Crippen LogP contribution in [0.4, 0.5) is 8.78 Å². The van der Waals surface area contributed by atoms with Gasteiger partial charge >= 0.3 is 0 Å². The van der Waals surface area contributed by atoms with Crippen molar-refractivity contribution in [1.29, 1.82) is 0 Å². The average molecular weight is 274 g/mol. The second kappa shape index (κ2) is 5.95. The zero-order valence-electron chi connectivity index (χ0n) is 11.5. The molecule has 0 aromatic heterocycles. The third-order valence-electron chi connectivity index (χ3n) is 3.58. The quantitative estimate of drug-likeness (QED) is 0.755. The van der Waals surface area contributed by atoms with Crippen molar-refractivity contribution in [3.05, 3.63) is 70.3 Å². The maximum absolute atomic E-state index is 13.1. The summed E-state index contributed by atoms with van der Waals surface area (Å²) in [6.45, 7) is 4.04. The van der Waals surface area contributed by atoms with Gasteiger partial charge < -0.3 is 0 Å². The highest BCUT2D eigenvalue weighted by Crippen LogP contribution is 2.16. The molecule has 0 N–H and O–H groups in total. The van der Waals surface area contributed by atoms with Crippen molar-refractivity contribution in [2.24, 2.45) is 0 Å². The SMILES string of the molecule is Cc1cccc(CCC(=O)c2ccc(F)c(F)c2)c1C. The molecule has 0 atom stereocenters. The number of benzene rings is 2. The van der Waals surface area contributed by atoms with E-state index in [-0.39, 0.29) is 17.8 Å². The van der Waals surface area contributed by atoms with Crippen molar-refractivity contribution in [3.8, 4) is 0 Å². The number of carbonyl (C=O) groups is 1. The fourth-order valence-electron chi connectivity index (χ4n) is 2.14. The van der Waals surface area contributed by atoms with E-state index in [1.54, 1.807) is 0 Å². The van der Waals surface area contributed by atoms with Crippen LogP contribution in [0.3, 0.4) is 0 Å². The molecule has 0 aliphatic heterocycles. The third kappa shape index (κ3) is 3.10.